The van der Waals surface area contributed by atoms with Gasteiger partial charge in [-0.15, -0.1) is 0 Å². The van der Waals surface area contributed by atoms with Gasteiger partial charge in [-0.25, -0.2) is 9.59 Å². The van der Waals surface area contributed by atoms with Crippen molar-refractivity contribution in [2.45, 2.75) is 13.3 Å². The van der Waals surface area contributed by atoms with Crippen LogP contribution in [0.25, 0.3) is 0 Å². The number of carbonyl (C=O) groups is 2. The van der Waals surface area contributed by atoms with Crippen LogP contribution in [-0.2, 0) is 11.2 Å². The normalized spacial score (nSPS) is 10.1. The molecule has 1 N–H and O–H groups in total. The number of benzene rings is 1. The van der Waals surface area contributed by atoms with Crippen LogP contribution in [0.4, 0.5) is 10.5 Å². The molecule has 0 spiro atoms. The fourth-order valence-electron chi connectivity index (χ4n) is 2.24. The Balaban J connectivity index is 1.97. The molecule has 0 aliphatic carbocycles. The minimum atomic E-state index is -0.436. The molecule has 6 heteroatoms. The number of aromatic nitrogens is 1. The summed E-state index contributed by atoms with van der Waals surface area (Å²) >= 11 is 0. The number of methoxy groups -OCH3 is 1. The number of rotatable bonds is 6. The molecule has 1 aromatic heterocycles. The number of carbonyl (C=O) groups excluding carboxylic acids is 2. The van der Waals surface area contributed by atoms with Crippen molar-refractivity contribution in [3.05, 3.63) is 59.9 Å². The fourth-order valence-corrected chi connectivity index (χ4v) is 2.24. The summed E-state index contributed by atoms with van der Waals surface area (Å²) in [4.78, 5) is 29.9. The zero-order chi connectivity index (χ0) is 17.4. The van der Waals surface area contributed by atoms with Gasteiger partial charge in [0, 0.05) is 37.1 Å². The molecule has 0 bridgehead atoms. The Labute approximate surface area is 141 Å². The molecule has 0 saturated heterocycles. The highest BCUT2D eigenvalue weighted by atomic mass is 16.5. The van der Waals surface area contributed by atoms with Crippen LogP contribution in [0.1, 0.15) is 23.0 Å². The van der Waals surface area contributed by atoms with E-state index >= 15 is 0 Å². The number of anilines is 1. The van der Waals surface area contributed by atoms with Crippen molar-refractivity contribution >= 4 is 17.7 Å². The van der Waals surface area contributed by atoms with Crippen molar-refractivity contribution in [1.82, 2.24) is 9.88 Å². The van der Waals surface area contributed by atoms with Gasteiger partial charge in [0.15, 0.2) is 0 Å². The number of urea groups is 1. The largest absolute Gasteiger partial charge is 0.465 e. The Bertz CT molecular complexity index is 689. The summed E-state index contributed by atoms with van der Waals surface area (Å²) in [5.74, 6) is -0.436. The molecule has 0 fully saturated rings. The van der Waals surface area contributed by atoms with E-state index in [1.165, 1.54) is 7.11 Å². The van der Waals surface area contributed by atoms with E-state index in [-0.39, 0.29) is 6.03 Å². The smallest absolute Gasteiger partial charge is 0.337 e. The fraction of sp³-hybridized carbons (Fsp3) is 0.278. The highest BCUT2D eigenvalue weighted by Crippen LogP contribution is 2.12. The van der Waals surface area contributed by atoms with Gasteiger partial charge in [0.1, 0.15) is 0 Å². The minimum Gasteiger partial charge on any atom is -0.465 e. The van der Waals surface area contributed by atoms with Crippen LogP contribution in [0, 0.1) is 0 Å². The summed E-state index contributed by atoms with van der Waals surface area (Å²) < 4.78 is 4.68. The third-order valence-electron chi connectivity index (χ3n) is 3.57. The van der Waals surface area contributed by atoms with Crippen LogP contribution in [0.3, 0.4) is 0 Å². The summed E-state index contributed by atoms with van der Waals surface area (Å²) in [5, 5.41) is 2.81. The highest BCUT2D eigenvalue weighted by molar-refractivity contribution is 5.93. The van der Waals surface area contributed by atoms with Gasteiger partial charge < -0.3 is 15.0 Å². The summed E-state index contributed by atoms with van der Waals surface area (Å²) in [6.45, 7) is 3.06. The maximum Gasteiger partial charge on any atom is 0.337 e. The minimum absolute atomic E-state index is 0.213. The van der Waals surface area contributed by atoms with E-state index in [0.717, 1.165) is 5.69 Å². The molecule has 6 nitrogen and oxygen atoms in total. The Kier molecular flexibility index (Phi) is 6.31. The third-order valence-corrected chi connectivity index (χ3v) is 3.57. The summed E-state index contributed by atoms with van der Waals surface area (Å²) in [7, 11) is 1.32. The van der Waals surface area contributed by atoms with E-state index in [4.69, 9.17) is 0 Å². The first-order chi connectivity index (χ1) is 11.6. The maximum atomic E-state index is 12.4. The predicted octanol–water partition coefficient (Wildman–Crippen LogP) is 2.96. The lowest BCUT2D eigenvalue weighted by atomic mass is 10.2. The Morgan fingerprint density at radius 1 is 1.21 bits per heavy atom. The molecule has 0 atom stereocenters. The Morgan fingerprint density at radius 2 is 2.04 bits per heavy atom. The summed E-state index contributed by atoms with van der Waals surface area (Å²) in [5.41, 5.74) is 1.89. The molecule has 1 heterocycles. The van der Waals surface area contributed by atoms with Gasteiger partial charge in [0.25, 0.3) is 0 Å². The summed E-state index contributed by atoms with van der Waals surface area (Å²) in [6.07, 6.45) is 2.42. The lowest BCUT2D eigenvalue weighted by Crippen LogP contribution is -2.36. The first-order valence-corrected chi connectivity index (χ1v) is 7.78. The number of esters is 1. The lowest BCUT2D eigenvalue weighted by molar-refractivity contribution is 0.0600. The van der Waals surface area contributed by atoms with Gasteiger partial charge in [-0.3, -0.25) is 4.98 Å². The van der Waals surface area contributed by atoms with E-state index < -0.39 is 5.97 Å². The van der Waals surface area contributed by atoms with Gasteiger partial charge in [0.05, 0.1) is 12.7 Å². The van der Waals surface area contributed by atoms with Gasteiger partial charge >= 0.3 is 12.0 Å². The number of amides is 2. The van der Waals surface area contributed by atoms with E-state index in [1.54, 1.807) is 35.4 Å². The second-order valence-electron chi connectivity index (χ2n) is 5.15. The zero-order valence-corrected chi connectivity index (χ0v) is 13.9. The number of pyridine rings is 1. The highest BCUT2D eigenvalue weighted by Gasteiger charge is 2.13. The van der Waals surface area contributed by atoms with Crippen molar-refractivity contribution in [2.24, 2.45) is 0 Å². The second-order valence-corrected chi connectivity index (χ2v) is 5.15. The number of ether oxygens (including phenoxy) is 1. The number of nitrogens with one attached hydrogen (secondary N) is 1. The van der Waals surface area contributed by atoms with Gasteiger partial charge in [-0.05, 0) is 37.3 Å². The first kappa shape index (κ1) is 17.5. The van der Waals surface area contributed by atoms with Gasteiger partial charge in [-0.1, -0.05) is 12.1 Å². The molecule has 0 aliphatic heterocycles. The van der Waals surface area contributed by atoms with Crippen molar-refractivity contribution in [3.63, 3.8) is 0 Å². The van der Waals surface area contributed by atoms with E-state index in [2.05, 4.69) is 15.0 Å². The monoisotopic (exact) mass is 327 g/mol. The molecule has 1 aromatic carbocycles. The molecule has 24 heavy (non-hydrogen) atoms. The van der Waals surface area contributed by atoms with Crippen LogP contribution in [-0.4, -0.2) is 42.1 Å². The third kappa shape index (κ3) is 4.81. The number of hydrogen-bond donors (Lipinski definition) is 1. The quantitative estimate of drug-likeness (QED) is 0.828. The molecule has 0 saturated carbocycles. The van der Waals surface area contributed by atoms with E-state index in [9.17, 15) is 9.59 Å². The van der Waals surface area contributed by atoms with Crippen LogP contribution >= 0.6 is 0 Å². The van der Waals surface area contributed by atoms with Crippen LogP contribution < -0.4 is 5.32 Å². The topological polar surface area (TPSA) is 71.5 Å². The van der Waals surface area contributed by atoms with Crippen molar-refractivity contribution in [2.75, 3.05) is 25.5 Å². The molecule has 2 rings (SSSR count). The molecule has 0 aliphatic rings. The molecular weight excluding hydrogens is 306 g/mol. The standard InChI is InChI=1S/C18H21N3O3/c1-3-21(12-10-15-8-4-5-11-19-15)18(23)20-16-9-6-7-14(13-16)17(22)24-2/h4-9,11,13H,3,10,12H2,1-2H3,(H,20,23). The van der Waals surface area contributed by atoms with Crippen LogP contribution in [0.5, 0.6) is 0 Å². The average molecular weight is 327 g/mol. The van der Waals surface area contributed by atoms with E-state index in [1.807, 2.05) is 25.1 Å². The molecule has 0 unspecified atom stereocenters. The molecular formula is C18H21N3O3. The SMILES string of the molecule is CCN(CCc1ccccn1)C(=O)Nc1cccc(C(=O)OC)c1. The lowest BCUT2D eigenvalue weighted by Gasteiger charge is -2.21. The molecule has 2 amide bonds. The average Bonchev–Trinajstić information content (AvgIpc) is 2.62. The Hall–Kier alpha value is -2.89. The van der Waals surface area contributed by atoms with Gasteiger partial charge in [0.2, 0.25) is 0 Å². The molecule has 0 radical (unpaired) electrons. The predicted molar refractivity (Wildman–Crippen MR) is 92.0 cm³/mol. The number of hydrogen-bond acceptors (Lipinski definition) is 4. The van der Waals surface area contributed by atoms with Crippen LogP contribution in [0.2, 0.25) is 0 Å². The molecule has 2 aromatic rings. The Morgan fingerprint density at radius 3 is 2.71 bits per heavy atom. The maximum absolute atomic E-state index is 12.4. The van der Waals surface area contributed by atoms with E-state index in [0.29, 0.717) is 30.8 Å². The second kappa shape index (κ2) is 8.67. The molecule has 126 valence electrons. The summed E-state index contributed by atoms with van der Waals surface area (Å²) in [6, 6.07) is 12.2. The zero-order valence-electron chi connectivity index (χ0n) is 13.9. The van der Waals surface area contributed by atoms with Crippen molar-refractivity contribution < 1.29 is 14.3 Å². The van der Waals surface area contributed by atoms with Gasteiger partial charge in [-0.2, -0.15) is 0 Å². The van der Waals surface area contributed by atoms with Crippen molar-refractivity contribution in [1.29, 1.82) is 0 Å². The van der Waals surface area contributed by atoms with Crippen LogP contribution in [0.15, 0.2) is 48.7 Å². The number of likely N-dealkylation sites (N-methyl/N-ethyl adjacent to an activating group) is 1. The van der Waals surface area contributed by atoms with Crippen molar-refractivity contribution in [3.8, 4) is 0 Å². The number of nitrogens with zero attached hydrogens (tertiary/aromatic N) is 2. The first-order valence-electron chi connectivity index (χ1n) is 7.78.